The topological polar surface area (TPSA) is 85.5 Å². The number of carbonyl (C=O) groups excluding carboxylic acids is 2. The minimum Gasteiger partial charge on any atom is -0.459 e. The van der Waals surface area contributed by atoms with Gasteiger partial charge in [0.05, 0.1) is 11.4 Å². The lowest BCUT2D eigenvalue weighted by atomic mass is 10.3. The van der Waals surface area contributed by atoms with Crippen LogP contribution in [0.15, 0.2) is 63.6 Å². The third-order valence-corrected chi connectivity index (χ3v) is 5.78. The summed E-state index contributed by atoms with van der Waals surface area (Å²) in [5, 5.41) is 2.34. The highest BCUT2D eigenvalue weighted by atomic mass is 32.2. The van der Waals surface area contributed by atoms with Gasteiger partial charge in [-0.15, -0.1) is 11.3 Å². The van der Waals surface area contributed by atoms with Crippen LogP contribution in [0, 0.1) is 5.82 Å². The van der Waals surface area contributed by atoms with E-state index in [1.54, 1.807) is 23.6 Å². The highest BCUT2D eigenvalue weighted by Gasteiger charge is 2.21. The summed E-state index contributed by atoms with van der Waals surface area (Å²) in [7, 11) is 0. The molecular formula is C21H16FN3O4S2. The van der Waals surface area contributed by atoms with Gasteiger partial charge in [0, 0.05) is 12.3 Å². The van der Waals surface area contributed by atoms with Gasteiger partial charge in [-0.25, -0.2) is 14.4 Å². The first-order chi connectivity index (χ1) is 15.0. The molecule has 0 aliphatic rings. The Morgan fingerprint density at radius 2 is 1.94 bits per heavy atom. The number of hydrogen-bond acceptors (Lipinski definition) is 8. The molecule has 0 aliphatic heterocycles. The Kier molecular flexibility index (Phi) is 6.28. The van der Waals surface area contributed by atoms with Gasteiger partial charge in [-0.1, -0.05) is 36.0 Å². The van der Waals surface area contributed by atoms with Crippen molar-refractivity contribution in [1.29, 1.82) is 0 Å². The minimum absolute atomic E-state index is 0.0264. The number of anilines is 2. The summed E-state index contributed by atoms with van der Waals surface area (Å²) in [6, 6.07) is 13.3. The number of thioether (sulfide) groups is 1. The lowest BCUT2D eigenvalue weighted by molar-refractivity contribution is -0.141. The van der Waals surface area contributed by atoms with E-state index >= 15 is 0 Å². The summed E-state index contributed by atoms with van der Waals surface area (Å²) in [5.74, 6) is -1.34. The number of amides is 1. The van der Waals surface area contributed by atoms with E-state index < -0.39 is 11.8 Å². The van der Waals surface area contributed by atoms with E-state index in [0.29, 0.717) is 21.6 Å². The number of ether oxygens (including phenoxy) is 1. The molecule has 2 heterocycles. The Bertz CT molecular complexity index is 1210. The molecule has 0 aliphatic carbocycles. The Hall–Kier alpha value is -3.24. The number of oxazole rings is 1. The molecule has 0 bridgehead atoms. The second-order valence-electron chi connectivity index (χ2n) is 6.32. The van der Waals surface area contributed by atoms with Gasteiger partial charge in [0.1, 0.15) is 23.7 Å². The number of thiazole rings is 1. The Morgan fingerprint density at radius 1 is 1.16 bits per heavy atom. The largest absolute Gasteiger partial charge is 0.459 e. The van der Waals surface area contributed by atoms with Crippen LogP contribution in [0.3, 0.4) is 0 Å². The van der Waals surface area contributed by atoms with Crippen LogP contribution in [0.2, 0.25) is 0 Å². The number of benzene rings is 2. The monoisotopic (exact) mass is 457 g/mol. The molecule has 4 aromatic rings. The van der Waals surface area contributed by atoms with E-state index in [9.17, 15) is 14.0 Å². The lowest BCUT2D eigenvalue weighted by Gasteiger charge is -2.18. The van der Waals surface area contributed by atoms with Crippen LogP contribution in [-0.2, 0) is 20.9 Å². The summed E-state index contributed by atoms with van der Waals surface area (Å²) in [4.78, 5) is 33.9. The van der Waals surface area contributed by atoms with Gasteiger partial charge in [0.25, 0.3) is 5.22 Å². The van der Waals surface area contributed by atoms with Crippen molar-refractivity contribution in [1.82, 2.24) is 9.97 Å². The van der Waals surface area contributed by atoms with Gasteiger partial charge in [0.2, 0.25) is 5.91 Å². The molecule has 0 atom stereocenters. The maximum absolute atomic E-state index is 14.1. The van der Waals surface area contributed by atoms with E-state index in [1.165, 1.54) is 24.0 Å². The fourth-order valence-electron chi connectivity index (χ4n) is 2.74. The predicted molar refractivity (Wildman–Crippen MR) is 116 cm³/mol. The fourth-order valence-corrected chi connectivity index (χ4v) is 4.24. The van der Waals surface area contributed by atoms with E-state index in [4.69, 9.17) is 9.15 Å². The molecule has 0 saturated carbocycles. The number of nitrogens with zero attached hydrogens (tertiary/aromatic N) is 3. The third kappa shape index (κ3) is 4.92. The summed E-state index contributed by atoms with van der Waals surface area (Å²) in [6.07, 6.45) is 0. The van der Waals surface area contributed by atoms with Gasteiger partial charge in [-0.3, -0.25) is 14.5 Å². The van der Waals surface area contributed by atoms with Gasteiger partial charge in [0.15, 0.2) is 10.7 Å². The lowest BCUT2D eigenvalue weighted by Crippen LogP contribution is -2.23. The van der Waals surface area contributed by atoms with Crippen LogP contribution in [0.4, 0.5) is 15.2 Å². The molecule has 2 aromatic carbocycles. The maximum atomic E-state index is 14.1. The molecule has 158 valence electrons. The normalized spacial score (nSPS) is 10.9. The van der Waals surface area contributed by atoms with Gasteiger partial charge in [-0.05, 0) is 24.3 Å². The third-order valence-electron chi connectivity index (χ3n) is 4.11. The number of para-hydroxylation sites is 3. The van der Waals surface area contributed by atoms with Crippen molar-refractivity contribution in [2.75, 3.05) is 10.7 Å². The molecule has 0 fully saturated rings. The average molecular weight is 458 g/mol. The molecule has 0 N–H and O–H groups in total. The molecular weight excluding hydrogens is 441 g/mol. The number of halogens is 1. The fraction of sp³-hybridized carbons (Fsp3) is 0.143. The minimum atomic E-state index is -0.530. The average Bonchev–Trinajstić information content (AvgIpc) is 3.39. The molecule has 7 nitrogen and oxygen atoms in total. The standard InChI is InChI=1S/C21H16FN3O4S2/c1-13(26)25(17-8-4-2-6-15(17)22)20-23-14(11-30-20)10-28-19(27)12-31-21-24-16-7-3-5-9-18(16)29-21/h2-9,11H,10,12H2,1H3. The van der Waals surface area contributed by atoms with Crippen molar-refractivity contribution < 1.29 is 23.1 Å². The molecule has 10 heteroatoms. The van der Waals surface area contributed by atoms with Crippen LogP contribution >= 0.6 is 23.1 Å². The van der Waals surface area contributed by atoms with Crippen molar-refractivity contribution in [2.24, 2.45) is 0 Å². The van der Waals surface area contributed by atoms with E-state index in [-0.39, 0.29) is 24.0 Å². The van der Waals surface area contributed by atoms with Crippen LogP contribution in [0.5, 0.6) is 0 Å². The van der Waals surface area contributed by atoms with Crippen LogP contribution in [-0.4, -0.2) is 27.6 Å². The van der Waals surface area contributed by atoms with Gasteiger partial charge >= 0.3 is 5.97 Å². The molecule has 0 unspecified atom stereocenters. The zero-order valence-electron chi connectivity index (χ0n) is 16.3. The Labute approximate surface area is 184 Å². The quantitative estimate of drug-likeness (QED) is 0.287. The van der Waals surface area contributed by atoms with E-state index in [1.807, 2.05) is 18.2 Å². The number of fused-ring (bicyclic) bond motifs is 1. The summed E-state index contributed by atoms with van der Waals surface area (Å²) in [5.41, 5.74) is 1.95. The molecule has 0 spiro atoms. The first-order valence-electron chi connectivity index (χ1n) is 9.15. The predicted octanol–water partition coefficient (Wildman–Crippen LogP) is 4.94. The number of aromatic nitrogens is 2. The first kappa shape index (κ1) is 21.0. The molecule has 2 aromatic heterocycles. The number of rotatable bonds is 7. The molecule has 0 radical (unpaired) electrons. The van der Waals surface area contributed by atoms with Gasteiger partial charge < -0.3 is 9.15 Å². The highest BCUT2D eigenvalue weighted by molar-refractivity contribution is 7.99. The molecule has 4 rings (SSSR count). The first-order valence-corrected chi connectivity index (χ1v) is 11.0. The van der Waals surface area contributed by atoms with Crippen molar-refractivity contribution in [3.8, 4) is 0 Å². The number of esters is 1. The van der Waals surface area contributed by atoms with Gasteiger partial charge in [-0.2, -0.15) is 0 Å². The van der Waals surface area contributed by atoms with E-state index in [0.717, 1.165) is 28.6 Å². The zero-order valence-corrected chi connectivity index (χ0v) is 17.9. The van der Waals surface area contributed by atoms with Crippen LogP contribution in [0.1, 0.15) is 12.6 Å². The Morgan fingerprint density at radius 3 is 2.71 bits per heavy atom. The van der Waals surface area contributed by atoms with Crippen LogP contribution in [0.25, 0.3) is 11.1 Å². The summed E-state index contributed by atoms with van der Waals surface area (Å²) >= 11 is 2.30. The second-order valence-corrected chi connectivity index (χ2v) is 8.09. The van der Waals surface area contributed by atoms with Crippen molar-refractivity contribution in [3.63, 3.8) is 0 Å². The Balaban J connectivity index is 1.35. The van der Waals surface area contributed by atoms with Crippen molar-refractivity contribution >= 4 is 56.9 Å². The summed E-state index contributed by atoms with van der Waals surface area (Å²) in [6.45, 7) is 1.27. The maximum Gasteiger partial charge on any atom is 0.316 e. The zero-order chi connectivity index (χ0) is 21.8. The smallest absolute Gasteiger partial charge is 0.316 e. The second kappa shape index (κ2) is 9.27. The highest BCUT2D eigenvalue weighted by Crippen LogP contribution is 2.31. The summed E-state index contributed by atoms with van der Waals surface area (Å²) < 4.78 is 24.9. The van der Waals surface area contributed by atoms with Crippen LogP contribution < -0.4 is 4.90 Å². The number of carbonyl (C=O) groups is 2. The van der Waals surface area contributed by atoms with Crippen molar-refractivity contribution in [3.05, 3.63) is 65.4 Å². The molecule has 0 saturated heterocycles. The van der Waals surface area contributed by atoms with E-state index in [2.05, 4.69) is 9.97 Å². The number of hydrogen-bond donors (Lipinski definition) is 0. The SMILES string of the molecule is CC(=O)N(c1nc(COC(=O)CSc2nc3ccccc3o2)cs1)c1ccccc1F. The molecule has 1 amide bonds. The molecule has 31 heavy (non-hydrogen) atoms. The van der Waals surface area contributed by atoms with Crippen molar-refractivity contribution in [2.45, 2.75) is 18.8 Å².